The zero-order valence-electron chi connectivity index (χ0n) is 7.08. The first-order chi connectivity index (χ1) is 6.20. The molecular formula is C10H8BrNO. The largest absolute Gasteiger partial charge is 0.505 e. The van der Waals surface area contributed by atoms with Gasteiger partial charge >= 0.3 is 0 Å². The molecule has 1 N–H and O–H groups in total. The summed E-state index contributed by atoms with van der Waals surface area (Å²) in [5.74, 6) is 0.263. The van der Waals surface area contributed by atoms with Gasteiger partial charge in [-0.15, -0.1) is 0 Å². The highest BCUT2D eigenvalue weighted by atomic mass is 79.9. The quantitative estimate of drug-likeness (QED) is 0.765. The lowest BCUT2D eigenvalue weighted by Gasteiger charge is -2.04. The third-order valence-corrected chi connectivity index (χ3v) is 2.66. The van der Waals surface area contributed by atoms with Gasteiger partial charge in [-0.1, -0.05) is 22.0 Å². The Kier molecular flexibility index (Phi) is 1.96. The summed E-state index contributed by atoms with van der Waals surface area (Å²) in [5.41, 5.74) is 1.48. The van der Waals surface area contributed by atoms with Crippen LogP contribution in [0.5, 0.6) is 5.75 Å². The topological polar surface area (TPSA) is 33.1 Å². The summed E-state index contributed by atoms with van der Waals surface area (Å²) >= 11 is 3.43. The fourth-order valence-electron chi connectivity index (χ4n) is 1.31. The second-order valence-electron chi connectivity index (χ2n) is 2.92. The Labute approximate surface area is 84.4 Å². The van der Waals surface area contributed by atoms with Crippen LogP contribution in [0.4, 0.5) is 0 Å². The smallest absolute Gasteiger partial charge is 0.144 e. The van der Waals surface area contributed by atoms with Crippen LogP contribution in [0.3, 0.4) is 0 Å². The lowest BCUT2D eigenvalue weighted by Crippen LogP contribution is -1.83. The molecular weight excluding hydrogens is 230 g/mol. The zero-order chi connectivity index (χ0) is 9.42. The van der Waals surface area contributed by atoms with Crippen LogP contribution < -0.4 is 0 Å². The third kappa shape index (κ3) is 1.29. The number of phenols is 1. The number of nitrogens with zero attached hydrogens (tertiary/aromatic N) is 1. The zero-order valence-corrected chi connectivity index (χ0v) is 8.67. The van der Waals surface area contributed by atoms with E-state index in [0.717, 1.165) is 15.4 Å². The molecule has 3 heteroatoms. The fourth-order valence-corrected chi connectivity index (χ4v) is 1.97. The Morgan fingerprint density at radius 3 is 3.00 bits per heavy atom. The summed E-state index contributed by atoms with van der Waals surface area (Å²) < 4.78 is 0.964. The molecule has 0 radical (unpaired) electrons. The number of pyridine rings is 1. The maximum Gasteiger partial charge on any atom is 0.144 e. The van der Waals surface area contributed by atoms with Crippen LogP contribution >= 0.6 is 15.9 Å². The number of halogens is 1. The van der Waals surface area contributed by atoms with Crippen LogP contribution in [0.25, 0.3) is 10.9 Å². The number of fused-ring (bicyclic) bond motifs is 1. The molecule has 0 amide bonds. The van der Waals surface area contributed by atoms with E-state index in [4.69, 9.17) is 0 Å². The molecule has 0 aliphatic heterocycles. The minimum absolute atomic E-state index is 0.263. The summed E-state index contributed by atoms with van der Waals surface area (Å²) in [4.78, 5) is 4.12. The molecule has 2 nitrogen and oxygen atoms in total. The molecule has 0 saturated carbocycles. The molecule has 0 unspecified atom stereocenters. The van der Waals surface area contributed by atoms with E-state index in [-0.39, 0.29) is 5.75 Å². The standard InChI is InChI=1S/C10H8BrNO/c1-6-5-8(11)7-3-2-4-12-9(7)10(6)13/h2-5,13H,1H3. The van der Waals surface area contributed by atoms with Crippen LogP contribution in [-0.4, -0.2) is 10.1 Å². The van der Waals surface area contributed by atoms with Crippen molar-refractivity contribution in [1.82, 2.24) is 4.98 Å². The molecule has 2 rings (SSSR count). The highest BCUT2D eigenvalue weighted by molar-refractivity contribution is 9.10. The number of aromatic hydroxyl groups is 1. The monoisotopic (exact) mass is 237 g/mol. The minimum Gasteiger partial charge on any atom is -0.505 e. The summed E-state index contributed by atoms with van der Waals surface area (Å²) in [6.07, 6.45) is 1.67. The number of aromatic nitrogens is 1. The first-order valence-corrected chi connectivity index (χ1v) is 4.72. The maximum absolute atomic E-state index is 9.70. The second kappa shape index (κ2) is 3.00. The number of hydrogen-bond donors (Lipinski definition) is 1. The maximum atomic E-state index is 9.70. The predicted molar refractivity (Wildman–Crippen MR) is 55.8 cm³/mol. The molecule has 1 aromatic carbocycles. The van der Waals surface area contributed by atoms with Crippen molar-refractivity contribution in [1.29, 1.82) is 0 Å². The van der Waals surface area contributed by atoms with E-state index in [2.05, 4.69) is 20.9 Å². The molecule has 0 saturated heterocycles. The summed E-state index contributed by atoms with van der Waals surface area (Å²) in [6, 6.07) is 5.66. The van der Waals surface area contributed by atoms with Crippen LogP contribution in [0.15, 0.2) is 28.9 Å². The van der Waals surface area contributed by atoms with Gasteiger partial charge in [0.05, 0.1) is 0 Å². The van der Waals surface area contributed by atoms with Gasteiger partial charge in [0.1, 0.15) is 11.3 Å². The van der Waals surface area contributed by atoms with Gasteiger partial charge in [0.15, 0.2) is 0 Å². The number of benzene rings is 1. The van der Waals surface area contributed by atoms with Crippen molar-refractivity contribution in [2.24, 2.45) is 0 Å². The van der Waals surface area contributed by atoms with E-state index < -0.39 is 0 Å². The minimum atomic E-state index is 0.263. The average Bonchev–Trinajstić information content (AvgIpc) is 2.15. The summed E-state index contributed by atoms with van der Waals surface area (Å²) in [5, 5.41) is 10.6. The lowest BCUT2D eigenvalue weighted by atomic mass is 10.1. The van der Waals surface area contributed by atoms with Crippen molar-refractivity contribution >= 4 is 26.8 Å². The van der Waals surface area contributed by atoms with Gasteiger partial charge in [-0.25, -0.2) is 0 Å². The lowest BCUT2D eigenvalue weighted by molar-refractivity contribution is 0.476. The highest BCUT2D eigenvalue weighted by Crippen LogP contribution is 2.32. The first-order valence-electron chi connectivity index (χ1n) is 3.93. The third-order valence-electron chi connectivity index (χ3n) is 2.01. The number of aryl methyl sites for hydroxylation is 1. The van der Waals surface area contributed by atoms with Crippen LogP contribution in [0.1, 0.15) is 5.56 Å². The van der Waals surface area contributed by atoms with Crippen LogP contribution in [0, 0.1) is 6.92 Å². The summed E-state index contributed by atoms with van der Waals surface area (Å²) in [6.45, 7) is 1.86. The molecule has 1 aromatic heterocycles. The molecule has 0 aliphatic rings. The van der Waals surface area contributed by atoms with Gasteiger partial charge in [0, 0.05) is 16.1 Å². The Hall–Kier alpha value is -1.09. The van der Waals surface area contributed by atoms with Crippen molar-refractivity contribution < 1.29 is 5.11 Å². The van der Waals surface area contributed by atoms with E-state index in [1.165, 1.54) is 0 Å². The van der Waals surface area contributed by atoms with E-state index in [9.17, 15) is 5.11 Å². The average molecular weight is 238 g/mol. The normalized spacial score (nSPS) is 10.6. The molecule has 0 spiro atoms. The SMILES string of the molecule is Cc1cc(Br)c2cccnc2c1O. The Morgan fingerprint density at radius 2 is 2.23 bits per heavy atom. The molecule has 2 aromatic rings. The number of phenolic OH excluding ortho intramolecular Hbond substituents is 1. The van der Waals surface area contributed by atoms with Gasteiger partial charge in [0.2, 0.25) is 0 Å². The van der Waals surface area contributed by atoms with Gasteiger partial charge in [0.25, 0.3) is 0 Å². The molecule has 0 aliphatic carbocycles. The van der Waals surface area contributed by atoms with Crippen LogP contribution in [0.2, 0.25) is 0 Å². The second-order valence-corrected chi connectivity index (χ2v) is 3.78. The van der Waals surface area contributed by atoms with E-state index in [1.54, 1.807) is 6.20 Å². The number of hydrogen-bond acceptors (Lipinski definition) is 2. The Morgan fingerprint density at radius 1 is 1.46 bits per heavy atom. The molecule has 0 fully saturated rings. The van der Waals surface area contributed by atoms with Gasteiger partial charge in [-0.05, 0) is 24.6 Å². The van der Waals surface area contributed by atoms with E-state index in [0.29, 0.717) is 5.52 Å². The van der Waals surface area contributed by atoms with Crippen molar-refractivity contribution in [2.75, 3.05) is 0 Å². The fraction of sp³-hybridized carbons (Fsp3) is 0.100. The Balaban J connectivity index is 2.97. The Bertz CT molecular complexity index is 468. The van der Waals surface area contributed by atoms with Crippen molar-refractivity contribution in [3.05, 3.63) is 34.4 Å². The molecule has 1 heterocycles. The van der Waals surface area contributed by atoms with E-state index >= 15 is 0 Å². The van der Waals surface area contributed by atoms with Crippen molar-refractivity contribution in [3.63, 3.8) is 0 Å². The van der Waals surface area contributed by atoms with Gasteiger partial charge in [-0.3, -0.25) is 4.98 Å². The molecule has 0 bridgehead atoms. The first kappa shape index (κ1) is 8.51. The van der Waals surface area contributed by atoms with Gasteiger partial charge in [-0.2, -0.15) is 0 Å². The van der Waals surface area contributed by atoms with Crippen LogP contribution in [-0.2, 0) is 0 Å². The predicted octanol–water partition coefficient (Wildman–Crippen LogP) is 3.01. The molecule has 13 heavy (non-hydrogen) atoms. The molecule has 0 atom stereocenters. The number of rotatable bonds is 0. The highest BCUT2D eigenvalue weighted by Gasteiger charge is 2.06. The van der Waals surface area contributed by atoms with Gasteiger partial charge < -0.3 is 5.11 Å². The van der Waals surface area contributed by atoms with Crippen molar-refractivity contribution in [2.45, 2.75) is 6.92 Å². The molecule has 66 valence electrons. The summed E-state index contributed by atoms with van der Waals surface area (Å²) in [7, 11) is 0. The van der Waals surface area contributed by atoms with Crippen molar-refractivity contribution in [3.8, 4) is 5.75 Å². The van der Waals surface area contributed by atoms with E-state index in [1.807, 2.05) is 25.1 Å².